The molecule has 0 radical (unpaired) electrons. The number of rotatable bonds is 4. The quantitative estimate of drug-likeness (QED) is 0.468. The van der Waals surface area contributed by atoms with E-state index in [2.05, 4.69) is 34.2 Å². The molecule has 2 heteroatoms. The van der Waals surface area contributed by atoms with E-state index in [9.17, 15) is 0 Å². The maximum absolute atomic E-state index is 6.38. The van der Waals surface area contributed by atoms with Crippen molar-refractivity contribution in [2.45, 2.75) is 51.3 Å². The van der Waals surface area contributed by atoms with E-state index in [1.807, 2.05) is 0 Å². The molecular formula is C9H21ClSi. The van der Waals surface area contributed by atoms with Crippen molar-refractivity contribution in [2.75, 3.05) is 0 Å². The van der Waals surface area contributed by atoms with Crippen molar-refractivity contribution in [3.63, 3.8) is 0 Å². The molecule has 0 fully saturated rings. The van der Waals surface area contributed by atoms with E-state index in [0.29, 0.717) is 10.9 Å². The van der Waals surface area contributed by atoms with E-state index in [1.54, 1.807) is 0 Å². The van der Waals surface area contributed by atoms with Crippen molar-refractivity contribution in [3.8, 4) is 0 Å². The van der Waals surface area contributed by atoms with Gasteiger partial charge in [-0.25, -0.2) is 0 Å². The molecule has 0 nitrogen and oxygen atoms in total. The topological polar surface area (TPSA) is 0 Å². The maximum Gasteiger partial charge on any atom is 0.0707 e. The summed E-state index contributed by atoms with van der Waals surface area (Å²) in [4.78, 5) is 0. The molecule has 0 saturated heterocycles. The highest BCUT2D eigenvalue weighted by Gasteiger charge is 2.33. The van der Waals surface area contributed by atoms with Crippen LogP contribution in [0.2, 0.25) is 18.6 Å². The fraction of sp³-hybridized carbons (Fsp3) is 1.00. The number of alkyl halides is 1. The Hall–Kier alpha value is 0.507. The van der Waals surface area contributed by atoms with Crippen molar-refractivity contribution in [1.29, 1.82) is 0 Å². The summed E-state index contributed by atoms with van der Waals surface area (Å²) in [7, 11) is -1.10. The van der Waals surface area contributed by atoms with Gasteiger partial charge in [0.2, 0.25) is 0 Å². The average molecular weight is 193 g/mol. The van der Waals surface area contributed by atoms with Crippen LogP contribution in [0, 0.1) is 5.92 Å². The minimum absolute atomic E-state index is 0.456. The van der Waals surface area contributed by atoms with E-state index < -0.39 is 8.07 Å². The highest BCUT2D eigenvalue weighted by atomic mass is 35.5. The van der Waals surface area contributed by atoms with Gasteiger partial charge in [-0.05, 0) is 5.92 Å². The van der Waals surface area contributed by atoms with Crippen LogP contribution in [0.25, 0.3) is 0 Å². The lowest BCUT2D eigenvalue weighted by atomic mass is 10.3. The number of halogens is 1. The Bertz CT molecular complexity index is 108. The molecule has 0 N–H and O–H groups in total. The molecule has 0 rings (SSSR count). The predicted molar refractivity (Wildman–Crippen MR) is 57.1 cm³/mol. The van der Waals surface area contributed by atoms with Crippen molar-refractivity contribution in [3.05, 3.63) is 0 Å². The normalized spacial score (nSPS) is 15.5. The van der Waals surface area contributed by atoms with Crippen LogP contribution in [0.4, 0.5) is 0 Å². The SMILES string of the molecule is CC[Si](C)(CC)C(Cl)C(C)C. The molecular weight excluding hydrogens is 172 g/mol. The summed E-state index contributed by atoms with van der Waals surface area (Å²) < 4.78 is 0. The molecule has 0 aliphatic carbocycles. The first-order valence-electron chi connectivity index (χ1n) is 4.62. The second-order valence-corrected chi connectivity index (χ2v) is 10.2. The second kappa shape index (κ2) is 4.51. The Labute approximate surface area is 77.3 Å². The molecule has 0 spiro atoms. The van der Waals surface area contributed by atoms with Crippen LogP contribution in [0.5, 0.6) is 0 Å². The van der Waals surface area contributed by atoms with Gasteiger partial charge in [-0.1, -0.05) is 46.3 Å². The van der Waals surface area contributed by atoms with Crippen LogP contribution in [0.3, 0.4) is 0 Å². The van der Waals surface area contributed by atoms with Gasteiger partial charge < -0.3 is 0 Å². The summed E-state index contributed by atoms with van der Waals surface area (Å²) in [5.41, 5.74) is 0. The van der Waals surface area contributed by atoms with Crippen LogP contribution in [0.1, 0.15) is 27.7 Å². The Kier molecular flexibility index (Phi) is 4.72. The molecule has 0 aliphatic rings. The average Bonchev–Trinajstić information content (AvgIpc) is 2.01. The van der Waals surface area contributed by atoms with Crippen molar-refractivity contribution in [1.82, 2.24) is 0 Å². The smallest absolute Gasteiger partial charge is 0.0707 e. The molecule has 0 saturated carbocycles. The summed E-state index contributed by atoms with van der Waals surface area (Å²) in [5, 5.41) is 0.456. The highest BCUT2D eigenvalue weighted by molar-refractivity contribution is 6.85. The van der Waals surface area contributed by atoms with Crippen LogP contribution >= 0.6 is 11.6 Å². The lowest BCUT2D eigenvalue weighted by Gasteiger charge is -2.32. The Morgan fingerprint density at radius 1 is 1.18 bits per heavy atom. The van der Waals surface area contributed by atoms with Gasteiger partial charge in [0.1, 0.15) is 0 Å². The lowest BCUT2D eigenvalue weighted by Crippen LogP contribution is -2.42. The van der Waals surface area contributed by atoms with Crippen molar-refractivity contribution >= 4 is 19.7 Å². The minimum Gasteiger partial charge on any atom is -0.126 e. The van der Waals surface area contributed by atoms with Gasteiger partial charge in [-0.3, -0.25) is 0 Å². The molecule has 68 valence electrons. The van der Waals surface area contributed by atoms with Crippen LogP contribution in [-0.2, 0) is 0 Å². The summed E-state index contributed by atoms with van der Waals surface area (Å²) in [6, 6.07) is 2.63. The van der Waals surface area contributed by atoms with Gasteiger partial charge in [0.25, 0.3) is 0 Å². The third-order valence-electron chi connectivity index (χ3n) is 2.87. The predicted octanol–water partition coefficient (Wildman–Crippen LogP) is 3.91. The fourth-order valence-electron chi connectivity index (χ4n) is 1.44. The van der Waals surface area contributed by atoms with Gasteiger partial charge in [0.05, 0.1) is 8.07 Å². The number of hydrogen-bond donors (Lipinski definition) is 0. The maximum atomic E-state index is 6.38. The molecule has 11 heavy (non-hydrogen) atoms. The first-order valence-corrected chi connectivity index (χ1v) is 8.04. The zero-order chi connectivity index (χ0) is 9.07. The number of hydrogen-bond acceptors (Lipinski definition) is 0. The van der Waals surface area contributed by atoms with Crippen LogP contribution in [0.15, 0.2) is 0 Å². The van der Waals surface area contributed by atoms with Crippen molar-refractivity contribution < 1.29 is 0 Å². The molecule has 0 aromatic rings. The molecule has 0 aromatic carbocycles. The van der Waals surface area contributed by atoms with Gasteiger partial charge in [-0.2, -0.15) is 0 Å². The van der Waals surface area contributed by atoms with Crippen LogP contribution in [-0.4, -0.2) is 13.1 Å². The Morgan fingerprint density at radius 3 is 1.64 bits per heavy atom. The van der Waals surface area contributed by atoms with Gasteiger partial charge in [0, 0.05) is 5.00 Å². The van der Waals surface area contributed by atoms with E-state index in [-0.39, 0.29) is 0 Å². The van der Waals surface area contributed by atoms with E-state index in [1.165, 1.54) is 12.1 Å². The van der Waals surface area contributed by atoms with E-state index in [0.717, 1.165) is 0 Å². The fourth-order valence-corrected chi connectivity index (χ4v) is 5.26. The monoisotopic (exact) mass is 192 g/mol. The first-order chi connectivity index (χ1) is 4.98. The highest BCUT2D eigenvalue weighted by Crippen LogP contribution is 2.28. The van der Waals surface area contributed by atoms with E-state index in [4.69, 9.17) is 11.6 Å². The van der Waals surface area contributed by atoms with Crippen molar-refractivity contribution in [2.24, 2.45) is 5.92 Å². The largest absolute Gasteiger partial charge is 0.126 e. The Morgan fingerprint density at radius 2 is 1.55 bits per heavy atom. The zero-order valence-electron chi connectivity index (χ0n) is 8.45. The third kappa shape index (κ3) is 2.79. The minimum atomic E-state index is -1.10. The van der Waals surface area contributed by atoms with Gasteiger partial charge in [0.15, 0.2) is 0 Å². The lowest BCUT2D eigenvalue weighted by molar-refractivity contribution is 0.685. The summed E-state index contributed by atoms with van der Waals surface area (Å²) in [5.74, 6) is 0.647. The zero-order valence-corrected chi connectivity index (χ0v) is 10.2. The molecule has 1 unspecified atom stereocenters. The third-order valence-corrected chi connectivity index (χ3v) is 10.2. The molecule has 1 atom stereocenters. The molecule has 0 amide bonds. The molecule has 0 aliphatic heterocycles. The second-order valence-electron chi connectivity index (χ2n) is 4.01. The van der Waals surface area contributed by atoms with Gasteiger partial charge >= 0.3 is 0 Å². The summed E-state index contributed by atoms with van der Waals surface area (Å²) in [6.45, 7) is 11.5. The first kappa shape index (κ1) is 11.5. The Balaban J connectivity index is 4.24. The van der Waals surface area contributed by atoms with Gasteiger partial charge in [-0.15, -0.1) is 11.6 Å². The molecule has 0 bridgehead atoms. The van der Waals surface area contributed by atoms with E-state index >= 15 is 0 Å². The standard InChI is InChI=1S/C9H21ClSi/c1-6-11(5,7-2)9(10)8(3)4/h8-9H,6-7H2,1-5H3. The van der Waals surface area contributed by atoms with Crippen LogP contribution < -0.4 is 0 Å². The molecule has 0 heterocycles. The summed E-state index contributed by atoms with van der Waals surface area (Å²) in [6.07, 6.45) is 0. The summed E-state index contributed by atoms with van der Waals surface area (Å²) >= 11 is 6.38. The molecule has 0 aromatic heterocycles.